The van der Waals surface area contributed by atoms with Crippen LogP contribution in [0.2, 0.25) is 0 Å². The highest BCUT2D eigenvalue weighted by Crippen LogP contribution is 2.18. The fourth-order valence-corrected chi connectivity index (χ4v) is 2.63. The van der Waals surface area contributed by atoms with Crippen LogP contribution in [0.4, 0.5) is 5.69 Å². The second kappa shape index (κ2) is 5.18. The number of anilines is 1. The number of carbonyl (C=O) groups is 1. The molecule has 0 saturated heterocycles. The average molecular weight is 256 g/mol. The van der Waals surface area contributed by atoms with Crippen LogP contribution in [0.15, 0.2) is 23.1 Å². The highest BCUT2D eigenvalue weighted by atomic mass is 32.2. The molecule has 0 heterocycles. The lowest BCUT2D eigenvalue weighted by Gasteiger charge is -2.06. The summed E-state index contributed by atoms with van der Waals surface area (Å²) < 4.78 is 23.8. The molecule has 17 heavy (non-hydrogen) atoms. The van der Waals surface area contributed by atoms with Gasteiger partial charge in [0.2, 0.25) is 5.91 Å². The van der Waals surface area contributed by atoms with Gasteiger partial charge < -0.3 is 11.1 Å². The summed E-state index contributed by atoms with van der Waals surface area (Å²) in [7, 11) is -1.95. The zero-order valence-corrected chi connectivity index (χ0v) is 10.7. The summed E-state index contributed by atoms with van der Waals surface area (Å²) in [5.41, 5.74) is 6.88. The van der Waals surface area contributed by atoms with Crippen molar-refractivity contribution in [2.45, 2.75) is 18.2 Å². The van der Waals surface area contributed by atoms with E-state index in [0.29, 0.717) is 11.3 Å². The summed E-state index contributed by atoms with van der Waals surface area (Å²) in [5.74, 6) is -0.489. The van der Waals surface area contributed by atoms with Crippen molar-refractivity contribution in [3.63, 3.8) is 0 Å². The third kappa shape index (κ3) is 3.45. The maximum absolute atomic E-state index is 11.9. The number of benzene rings is 1. The lowest BCUT2D eigenvalue weighted by molar-refractivity contribution is -0.120. The molecular formula is C11H16N2O3S. The molecule has 0 aromatic heterocycles. The first-order chi connectivity index (χ1) is 7.86. The molecule has 0 atom stereocenters. The molecular weight excluding hydrogens is 240 g/mol. The number of carbonyl (C=O) groups excluding carboxylic acids is 1. The lowest BCUT2D eigenvalue weighted by Crippen LogP contribution is -2.21. The first kappa shape index (κ1) is 13.5. The molecule has 0 radical (unpaired) electrons. The molecule has 0 aliphatic heterocycles. The normalized spacial score (nSPS) is 11.2. The minimum Gasteiger partial charge on any atom is -0.399 e. The first-order valence-corrected chi connectivity index (χ1v) is 6.81. The minimum atomic E-state index is -3.42. The van der Waals surface area contributed by atoms with Crippen molar-refractivity contribution >= 4 is 21.4 Å². The summed E-state index contributed by atoms with van der Waals surface area (Å²) in [6.45, 7) is 1.74. The summed E-state index contributed by atoms with van der Waals surface area (Å²) in [6.07, 6.45) is -0.0394. The fourth-order valence-electron chi connectivity index (χ4n) is 1.31. The summed E-state index contributed by atoms with van der Waals surface area (Å²) in [5, 5.41) is 2.39. The Morgan fingerprint density at radius 2 is 2.06 bits per heavy atom. The van der Waals surface area contributed by atoms with Gasteiger partial charge in [-0.25, -0.2) is 8.42 Å². The Hall–Kier alpha value is -1.56. The van der Waals surface area contributed by atoms with Gasteiger partial charge in [0, 0.05) is 19.2 Å². The number of nitrogens with one attached hydrogen (secondary N) is 1. The zero-order chi connectivity index (χ0) is 13.1. The SMILES string of the molecule is CNC(=O)CCS(=O)(=O)c1ccc(N)c(C)c1. The van der Waals surface area contributed by atoms with E-state index in [0.717, 1.165) is 0 Å². The van der Waals surface area contributed by atoms with Crippen molar-refractivity contribution in [3.05, 3.63) is 23.8 Å². The molecule has 0 aliphatic carbocycles. The molecule has 0 bridgehead atoms. The van der Waals surface area contributed by atoms with E-state index in [4.69, 9.17) is 5.73 Å². The molecule has 0 unspecified atom stereocenters. The quantitative estimate of drug-likeness (QED) is 0.767. The monoisotopic (exact) mass is 256 g/mol. The molecule has 1 aromatic rings. The highest BCUT2D eigenvalue weighted by Gasteiger charge is 2.16. The molecule has 5 nitrogen and oxygen atoms in total. The Morgan fingerprint density at radius 3 is 2.59 bits per heavy atom. The van der Waals surface area contributed by atoms with Crippen LogP contribution in [0, 0.1) is 6.92 Å². The number of sulfone groups is 1. The van der Waals surface area contributed by atoms with Crippen molar-refractivity contribution in [2.24, 2.45) is 0 Å². The number of nitrogens with two attached hydrogens (primary N) is 1. The van der Waals surface area contributed by atoms with Crippen LogP contribution in [0.25, 0.3) is 0 Å². The minimum absolute atomic E-state index is 0.0394. The molecule has 94 valence electrons. The topological polar surface area (TPSA) is 89.3 Å². The van der Waals surface area contributed by atoms with Crippen LogP contribution >= 0.6 is 0 Å². The number of hydrogen-bond donors (Lipinski definition) is 2. The van der Waals surface area contributed by atoms with Crippen molar-refractivity contribution in [3.8, 4) is 0 Å². The van der Waals surface area contributed by atoms with Gasteiger partial charge in [-0.15, -0.1) is 0 Å². The van der Waals surface area contributed by atoms with Crippen molar-refractivity contribution < 1.29 is 13.2 Å². The molecule has 0 fully saturated rings. The van der Waals surface area contributed by atoms with Crippen LogP contribution in [0.1, 0.15) is 12.0 Å². The standard InChI is InChI=1S/C11H16N2O3S/c1-8-7-9(3-4-10(8)12)17(15,16)6-5-11(14)13-2/h3-4,7H,5-6,12H2,1-2H3,(H,13,14). The van der Waals surface area contributed by atoms with E-state index in [1.165, 1.54) is 19.2 Å². The predicted molar refractivity (Wildman–Crippen MR) is 66.3 cm³/mol. The van der Waals surface area contributed by atoms with Gasteiger partial charge in [0.25, 0.3) is 0 Å². The Morgan fingerprint density at radius 1 is 1.41 bits per heavy atom. The van der Waals surface area contributed by atoms with Crippen molar-refractivity contribution in [1.29, 1.82) is 0 Å². The Balaban J connectivity index is 2.90. The fraction of sp³-hybridized carbons (Fsp3) is 0.364. The molecule has 0 aliphatic rings. The molecule has 1 rings (SSSR count). The summed E-state index contributed by atoms with van der Waals surface area (Å²) >= 11 is 0. The van der Waals surface area contributed by atoms with Gasteiger partial charge in [0.15, 0.2) is 9.84 Å². The van der Waals surface area contributed by atoms with Gasteiger partial charge in [-0.3, -0.25) is 4.79 Å². The van der Waals surface area contributed by atoms with E-state index in [1.54, 1.807) is 13.0 Å². The van der Waals surface area contributed by atoms with Crippen LogP contribution in [0.3, 0.4) is 0 Å². The lowest BCUT2D eigenvalue weighted by atomic mass is 10.2. The van der Waals surface area contributed by atoms with Gasteiger partial charge in [-0.05, 0) is 30.7 Å². The molecule has 3 N–H and O–H groups in total. The summed E-state index contributed by atoms with van der Waals surface area (Å²) in [4.78, 5) is 11.2. The van der Waals surface area contributed by atoms with E-state index in [1.807, 2.05) is 0 Å². The Labute approximate surface area is 101 Å². The van der Waals surface area contributed by atoms with Gasteiger partial charge in [-0.1, -0.05) is 0 Å². The number of hydrogen-bond acceptors (Lipinski definition) is 4. The van der Waals surface area contributed by atoms with Crippen molar-refractivity contribution in [2.75, 3.05) is 18.5 Å². The molecule has 1 amide bonds. The van der Waals surface area contributed by atoms with Gasteiger partial charge >= 0.3 is 0 Å². The van der Waals surface area contributed by atoms with Crippen LogP contribution < -0.4 is 11.1 Å². The Bertz CT molecular complexity index is 524. The molecule has 0 spiro atoms. The first-order valence-electron chi connectivity index (χ1n) is 5.16. The van der Waals surface area contributed by atoms with E-state index in [9.17, 15) is 13.2 Å². The van der Waals surface area contributed by atoms with Crippen molar-refractivity contribution in [1.82, 2.24) is 5.32 Å². The molecule has 0 saturated carbocycles. The van der Waals surface area contributed by atoms with E-state index in [-0.39, 0.29) is 23.0 Å². The van der Waals surface area contributed by atoms with Gasteiger partial charge in [0.05, 0.1) is 10.6 Å². The predicted octanol–water partition coefficient (Wildman–Crippen LogP) is 0.487. The molecule has 1 aromatic carbocycles. The van der Waals surface area contributed by atoms with Crippen LogP contribution in [-0.4, -0.2) is 27.1 Å². The number of amides is 1. The third-order valence-corrected chi connectivity index (χ3v) is 4.19. The maximum atomic E-state index is 11.9. The molecule has 6 heteroatoms. The second-order valence-corrected chi connectivity index (χ2v) is 5.87. The van der Waals surface area contributed by atoms with E-state index in [2.05, 4.69) is 5.32 Å². The second-order valence-electron chi connectivity index (χ2n) is 3.76. The average Bonchev–Trinajstić information content (AvgIpc) is 2.29. The van der Waals surface area contributed by atoms with Crippen LogP contribution in [0.5, 0.6) is 0 Å². The van der Waals surface area contributed by atoms with Gasteiger partial charge in [-0.2, -0.15) is 0 Å². The maximum Gasteiger partial charge on any atom is 0.220 e. The number of nitrogen functional groups attached to an aromatic ring is 1. The van der Waals surface area contributed by atoms with Crippen LogP contribution in [-0.2, 0) is 14.6 Å². The largest absolute Gasteiger partial charge is 0.399 e. The number of rotatable bonds is 4. The van der Waals surface area contributed by atoms with E-state index < -0.39 is 9.84 Å². The zero-order valence-electron chi connectivity index (χ0n) is 9.86. The smallest absolute Gasteiger partial charge is 0.220 e. The van der Waals surface area contributed by atoms with E-state index >= 15 is 0 Å². The summed E-state index contributed by atoms with van der Waals surface area (Å²) in [6, 6.07) is 4.54. The third-order valence-electron chi connectivity index (χ3n) is 2.48. The number of aryl methyl sites for hydroxylation is 1. The van der Waals surface area contributed by atoms with Gasteiger partial charge in [0.1, 0.15) is 0 Å². The highest BCUT2D eigenvalue weighted by molar-refractivity contribution is 7.91. The Kier molecular flexibility index (Phi) is 4.11.